The van der Waals surface area contributed by atoms with Gasteiger partial charge in [-0.05, 0) is 41.3 Å². The van der Waals surface area contributed by atoms with Gasteiger partial charge in [-0.1, -0.05) is 0 Å². The topological polar surface area (TPSA) is 18.5 Å². The summed E-state index contributed by atoms with van der Waals surface area (Å²) >= 11 is 5.39. The molecule has 0 amide bonds. The fourth-order valence-corrected chi connectivity index (χ4v) is 3.60. The second-order valence-electron chi connectivity index (χ2n) is 4.27. The average molecular weight is 304 g/mol. The number of likely N-dealkylation sites (N-methyl/N-ethyl adjacent to an activating group) is 1. The molecule has 2 heterocycles. The van der Waals surface area contributed by atoms with Crippen LogP contribution < -0.4 is 5.43 Å². The highest BCUT2D eigenvalue weighted by Crippen LogP contribution is 2.28. The smallest absolute Gasteiger partial charge is 0.0541 e. The number of halogens is 1. The molecular formula is C11H18BrN3S. The number of thiophene rings is 1. The van der Waals surface area contributed by atoms with E-state index in [-0.39, 0.29) is 0 Å². The third kappa shape index (κ3) is 3.05. The van der Waals surface area contributed by atoms with Gasteiger partial charge in [0, 0.05) is 35.5 Å². The molecule has 1 saturated heterocycles. The van der Waals surface area contributed by atoms with Crippen LogP contribution in [0.2, 0.25) is 0 Å². The molecule has 5 heteroatoms. The number of rotatable bonds is 3. The Hall–Kier alpha value is 0.0600. The lowest BCUT2D eigenvalue weighted by molar-refractivity contribution is 0.0904. The minimum absolute atomic E-state index is 0.387. The van der Waals surface area contributed by atoms with Crippen LogP contribution in [-0.2, 0) is 0 Å². The second kappa shape index (κ2) is 5.60. The third-order valence-corrected chi connectivity index (χ3v) is 4.97. The molecule has 1 aromatic heterocycles. The minimum Gasteiger partial charge on any atom is -0.304 e. The van der Waals surface area contributed by atoms with Gasteiger partial charge in [0.05, 0.1) is 6.04 Å². The van der Waals surface area contributed by atoms with Gasteiger partial charge in [0.1, 0.15) is 0 Å². The van der Waals surface area contributed by atoms with E-state index < -0.39 is 0 Å². The zero-order valence-electron chi connectivity index (χ0n) is 9.74. The van der Waals surface area contributed by atoms with Crippen molar-refractivity contribution in [1.82, 2.24) is 15.3 Å². The Kier molecular flexibility index (Phi) is 4.38. The van der Waals surface area contributed by atoms with Crippen LogP contribution in [0.4, 0.5) is 0 Å². The summed E-state index contributed by atoms with van der Waals surface area (Å²) in [4.78, 5) is 3.74. The summed E-state index contributed by atoms with van der Waals surface area (Å²) in [5, 5.41) is 4.46. The molecule has 0 aromatic carbocycles. The van der Waals surface area contributed by atoms with Gasteiger partial charge < -0.3 is 4.90 Å². The van der Waals surface area contributed by atoms with Crippen molar-refractivity contribution in [3.05, 3.63) is 20.8 Å². The van der Waals surface area contributed by atoms with E-state index in [1.807, 2.05) is 0 Å². The average Bonchev–Trinajstić information content (AvgIpc) is 2.68. The highest BCUT2D eigenvalue weighted by molar-refractivity contribution is 9.10. The van der Waals surface area contributed by atoms with Crippen LogP contribution in [0.3, 0.4) is 0 Å². The van der Waals surface area contributed by atoms with E-state index in [4.69, 9.17) is 0 Å². The molecule has 1 fully saturated rings. The van der Waals surface area contributed by atoms with Crippen molar-refractivity contribution < 1.29 is 0 Å². The molecule has 2 rings (SSSR count). The fourth-order valence-electron chi connectivity index (χ4n) is 1.88. The first-order valence-electron chi connectivity index (χ1n) is 5.59. The molecule has 0 saturated carbocycles. The molecular weight excluding hydrogens is 286 g/mol. The maximum Gasteiger partial charge on any atom is 0.0541 e. The summed E-state index contributed by atoms with van der Waals surface area (Å²) in [6, 6.07) is 2.50. The van der Waals surface area contributed by atoms with Gasteiger partial charge in [-0.25, -0.2) is 10.4 Å². The van der Waals surface area contributed by atoms with Gasteiger partial charge >= 0.3 is 0 Å². The summed E-state index contributed by atoms with van der Waals surface area (Å²) in [6.07, 6.45) is 0. The Morgan fingerprint density at radius 2 is 2.06 bits per heavy atom. The molecule has 90 valence electrons. The van der Waals surface area contributed by atoms with Gasteiger partial charge in [-0.15, -0.1) is 11.3 Å². The van der Waals surface area contributed by atoms with Crippen molar-refractivity contribution in [3.8, 4) is 0 Å². The normalized spacial score (nSPS) is 21.2. The van der Waals surface area contributed by atoms with Crippen LogP contribution in [-0.4, -0.2) is 43.1 Å². The van der Waals surface area contributed by atoms with Crippen LogP contribution in [0.25, 0.3) is 0 Å². The van der Waals surface area contributed by atoms with Crippen molar-refractivity contribution in [2.75, 3.05) is 33.2 Å². The molecule has 0 radical (unpaired) electrons. The number of nitrogens with zero attached hydrogens (tertiary/aromatic N) is 2. The zero-order chi connectivity index (χ0) is 11.5. The predicted octanol–water partition coefficient (Wildman–Crippen LogP) is 2.32. The van der Waals surface area contributed by atoms with Gasteiger partial charge in [0.2, 0.25) is 0 Å². The van der Waals surface area contributed by atoms with Crippen molar-refractivity contribution in [2.45, 2.75) is 13.0 Å². The van der Waals surface area contributed by atoms with Crippen LogP contribution >= 0.6 is 27.3 Å². The van der Waals surface area contributed by atoms with E-state index in [0.29, 0.717) is 6.04 Å². The van der Waals surface area contributed by atoms with E-state index in [9.17, 15) is 0 Å². The van der Waals surface area contributed by atoms with Crippen molar-refractivity contribution >= 4 is 27.3 Å². The van der Waals surface area contributed by atoms with Crippen LogP contribution in [0.1, 0.15) is 17.8 Å². The Balaban J connectivity index is 1.88. The Bertz CT molecular complexity index is 334. The van der Waals surface area contributed by atoms with Gasteiger partial charge in [0.15, 0.2) is 0 Å². The number of nitrogens with one attached hydrogen (secondary N) is 1. The quantitative estimate of drug-likeness (QED) is 0.924. The first-order valence-corrected chi connectivity index (χ1v) is 7.26. The number of piperazine rings is 1. The molecule has 1 aromatic rings. The van der Waals surface area contributed by atoms with Crippen LogP contribution in [0, 0.1) is 0 Å². The lowest BCUT2D eigenvalue weighted by Crippen LogP contribution is -2.51. The molecule has 0 bridgehead atoms. The summed E-state index contributed by atoms with van der Waals surface area (Å²) in [5.41, 5.74) is 3.57. The highest BCUT2D eigenvalue weighted by Gasteiger charge is 2.17. The number of hydrogen-bond donors (Lipinski definition) is 1. The summed E-state index contributed by atoms with van der Waals surface area (Å²) in [6.45, 7) is 6.71. The maximum absolute atomic E-state index is 3.58. The van der Waals surface area contributed by atoms with Crippen molar-refractivity contribution in [1.29, 1.82) is 0 Å². The third-order valence-electron chi connectivity index (χ3n) is 2.92. The predicted molar refractivity (Wildman–Crippen MR) is 72.6 cm³/mol. The van der Waals surface area contributed by atoms with E-state index in [2.05, 4.69) is 56.7 Å². The first-order chi connectivity index (χ1) is 7.66. The van der Waals surface area contributed by atoms with Crippen molar-refractivity contribution in [3.63, 3.8) is 0 Å². The maximum atomic E-state index is 3.58. The summed E-state index contributed by atoms with van der Waals surface area (Å²) in [5.74, 6) is 0. The molecule has 1 aliphatic rings. The van der Waals surface area contributed by atoms with Gasteiger partial charge in [-0.2, -0.15) is 0 Å². The zero-order valence-corrected chi connectivity index (χ0v) is 12.1. The monoisotopic (exact) mass is 303 g/mol. The molecule has 0 aliphatic carbocycles. The standard InChI is InChI=1S/C11H18BrN3S/c1-9(11-10(12)3-8-16-11)13-15-6-4-14(2)5-7-15/h3,8-9,13H,4-7H2,1-2H3. The SMILES string of the molecule is CC(NN1CCN(C)CC1)c1sccc1Br. The molecule has 0 spiro atoms. The summed E-state index contributed by atoms with van der Waals surface area (Å²) in [7, 11) is 2.18. The largest absolute Gasteiger partial charge is 0.304 e. The first kappa shape index (κ1) is 12.5. The lowest BCUT2D eigenvalue weighted by atomic mass is 10.3. The highest BCUT2D eigenvalue weighted by atomic mass is 79.9. The van der Waals surface area contributed by atoms with Gasteiger partial charge in [0.25, 0.3) is 0 Å². The molecule has 1 N–H and O–H groups in total. The lowest BCUT2D eigenvalue weighted by Gasteiger charge is -2.34. The Morgan fingerprint density at radius 3 is 2.62 bits per heavy atom. The van der Waals surface area contributed by atoms with E-state index in [1.165, 1.54) is 9.35 Å². The minimum atomic E-state index is 0.387. The van der Waals surface area contributed by atoms with E-state index in [0.717, 1.165) is 26.2 Å². The number of hydrazine groups is 1. The van der Waals surface area contributed by atoms with Gasteiger partial charge in [-0.3, -0.25) is 0 Å². The van der Waals surface area contributed by atoms with Crippen molar-refractivity contribution in [2.24, 2.45) is 0 Å². The molecule has 16 heavy (non-hydrogen) atoms. The Morgan fingerprint density at radius 1 is 1.38 bits per heavy atom. The molecule has 1 atom stereocenters. The Labute approximate surface area is 110 Å². The molecule has 1 aliphatic heterocycles. The second-order valence-corrected chi connectivity index (χ2v) is 6.08. The molecule has 1 unspecified atom stereocenters. The number of hydrogen-bond acceptors (Lipinski definition) is 4. The molecule has 3 nitrogen and oxygen atoms in total. The van der Waals surface area contributed by atoms with Crippen LogP contribution in [0.5, 0.6) is 0 Å². The van der Waals surface area contributed by atoms with E-state index in [1.54, 1.807) is 11.3 Å². The van der Waals surface area contributed by atoms with E-state index >= 15 is 0 Å². The summed E-state index contributed by atoms with van der Waals surface area (Å²) < 4.78 is 1.21. The van der Waals surface area contributed by atoms with Crippen LogP contribution in [0.15, 0.2) is 15.9 Å². The fraction of sp³-hybridized carbons (Fsp3) is 0.636.